The van der Waals surface area contributed by atoms with Crippen LogP contribution in [0.15, 0.2) is 42.5 Å². The van der Waals surface area contributed by atoms with E-state index in [4.69, 9.17) is 11.6 Å². The van der Waals surface area contributed by atoms with Crippen molar-refractivity contribution in [1.29, 1.82) is 0 Å². The largest absolute Gasteiger partial charge is 0.348 e. The molecule has 2 aromatic rings. The highest BCUT2D eigenvalue weighted by atomic mass is 35.5. The van der Waals surface area contributed by atoms with Crippen LogP contribution in [0.5, 0.6) is 0 Å². The number of hydrogen-bond donors (Lipinski definition) is 2. The van der Waals surface area contributed by atoms with E-state index in [9.17, 15) is 14.9 Å². The lowest BCUT2D eigenvalue weighted by molar-refractivity contribution is -0.918. The highest BCUT2D eigenvalue weighted by Gasteiger charge is 2.20. The van der Waals surface area contributed by atoms with Crippen molar-refractivity contribution in [3.8, 4) is 0 Å². The summed E-state index contributed by atoms with van der Waals surface area (Å²) in [6, 6.07) is 12.1. The minimum Gasteiger partial charge on any atom is -0.348 e. The van der Waals surface area contributed by atoms with Gasteiger partial charge in [0.1, 0.15) is 12.1 Å². The molecule has 0 atom stereocenters. The van der Waals surface area contributed by atoms with Gasteiger partial charge in [-0.25, -0.2) is 0 Å². The van der Waals surface area contributed by atoms with E-state index in [0.717, 1.165) is 12.1 Å². The molecule has 1 fully saturated rings. The van der Waals surface area contributed by atoms with Crippen molar-refractivity contribution < 1.29 is 14.6 Å². The summed E-state index contributed by atoms with van der Waals surface area (Å²) < 4.78 is 0. The van der Waals surface area contributed by atoms with E-state index in [1.54, 1.807) is 4.90 Å². The van der Waals surface area contributed by atoms with Crippen molar-refractivity contribution in [2.24, 2.45) is 0 Å². The zero-order valence-electron chi connectivity index (χ0n) is 15.0. The third-order valence-electron chi connectivity index (χ3n) is 4.89. The summed E-state index contributed by atoms with van der Waals surface area (Å²) in [6.45, 7) is 3.80. The number of nitro groups is 1. The topological polar surface area (TPSA) is 76.7 Å². The standard InChI is InChI=1S/C20H22ClN3O3/c21-17-8-9-19(24(26)27)18(12-17)20(25)22-13-15-4-6-16(7-5-15)14-23-10-2-1-3-11-23/h4-9,12H,1-3,10-11,13-14H2,(H,22,25)/p+1. The Bertz CT molecular complexity index is 818. The van der Waals surface area contributed by atoms with Gasteiger partial charge >= 0.3 is 0 Å². The number of rotatable bonds is 6. The SMILES string of the molecule is O=C(NCc1ccc(C[NH+]2CCCCC2)cc1)c1cc(Cl)ccc1[N+](=O)[O-]. The summed E-state index contributed by atoms with van der Waals surface area (Å²) in [5.41, 5.74) is 1.95. The molecule has 0 spiro atoms. The van der Waals surface area contributed by atoms with Crippen molar-refractivity contribution in [2.45, 2.75) is 32.4 Å². The Morgan fingerprint density at radius 3 is 2.41 bits per heavy atom. The quantitative estimate of drug-likeness (QED) is 0.590. The molecule has 3 rings (SSSR count). The first-order chi connectivity index (χ1) is 13.0. The predicted octanol–water partition coefficient (Wildman–Crippen LogP) is 2.75. The lowest BCUT2D eigenvalue weighted by Gasteiger charge is -2.23. The van der Waals surface area contributed by atoms with Crippen LogP contribution in [0.4, 0.5) is 5.69 Å². The van der Waals surface area contributed by atoms with Crippen LogP contribution >= 0.6 is 11.6 Å². The highest BCUT2D eigenvalue weighted by Crippen LogP contribution is 2.22. The summed E-state index contributed by atoms with van der Waals surface area (Å²) in [7, 11) is 0. The summed E-state index contributed by atoms with van der Waals surface area (Å²) in [4.78, 5) is 24.5. The molecule has 7 heteroatoms. The number of nitro benzene ring substituents is 1. The van der Waals surface area contributed by atoms with Gasteiger partial charge in [0.25, 0.3) is 11.6 Å². The smallest absolute Gasteiger partial charge is 0.282 e. The van der Waals surface area contributed by atoms with E-state index < -0.39 is 10.8 Å². The molecule has 0 saturated carbocycles. The van der Waals surface area contributed by atoms with Crippen molar-refractivity contribution in [2.75, 3.05) is 13.1 Å². The molecule has 2 N–H and O–H groups in total. The second-order valence-electron chi connectivity index (χ2n) is 6.91. The Labute approximate surface area is 163 Å². The van der Waals surface area contributed by atoms with Gasteiger partial charge in [0.2, 0.25) is 0 Å². The van der Waals surface area contributed by atoms with Crippen LogP contribution in [-0.2, 0) is 13.1 Å². The molecular weight excluding hydrogens is 366 g/mol. The number of carbonyl (C=O) groups excluding carboxylic acids is 1. The van der Waals surface area contributed by atoms with Crippen LogP contribution in [0.3, 0.4) is 0 Å². The second kappa shape index (κ2) is 8.97. The molecule has 0 bridgehead atoms. The van der Waals surface area contributed by atoms with Crippen LogP contribution < -0.4 is 10.2 Å². The second-order valence-corrected chi connectivity index (χ2v) is 7.34. The van der Waals surface area contributed by atoms with E-state index in [0.29, 0.717) is 6.54 Å². The third kappa shape index (κ3) is 5.28. The number of likely N-dealkylation sites (tertiary alicyclic amines) is 1. The van der Waals surface area contributed by atoms with Crippen LogP contribution in [0, 0.1) is 10.1 Å². The summed E-state index contributed by atoms with van der Waals surface area (Å²) in [6.07, 6.45) is 3.94. The van der Waals surface area contributed by atoms with E-state index in [-0.39, 0.29) is 16.3 Å². The number of carbonyl (C=O) groups is 1. The third-order valence-corrected chi connectivity index (χ3v) is 5.13. The van der Waals surface area contributed by atoms with Crippen molar-refractivity contribution >= 4 is 23.2 Å². The van der Waals surface area contributed by atoms with Crippen molar-refractivity contribution in [1.82, 2.24) is 5.32 Å². The zero-order valence-corrected chi connectivity index (χ0v) is 15.8. The molecule has 1 aliphatic rings. The normalized spacial score (nSPS) is 14.7. The van der Waals surface area contributed by atoms with E-state index in [2.05, 4.69) is 17.4 Å². The average Bonchev–Trinajstić information content (AvgIpc) is 2.67. The van der Waals surface area contributed by atoms with Gasteiger partial charge in [-0.1, -0.05) is 35.9 Å². The number of benzene rings is 2. The number of nitrogens with zero attached hydrogens (tertiary/aromatic N) is 1. The van der Waals surface area contributed by atoms with E-state index in [1.807, 2.05) is 12.1 Å². The number of halogens is 1. The van der Waals surface area contributed by atoms with Gasteiger partial charge < -0.3 is 10.2 Å². The lowest BCUT2D eigenvalue weighted by atomic mass is 10.1. The summed E-state index contributed by atoms with van der Waals surface area (Å²) in [5, 5.41) is 14.1. The van der Waals surface area contributed by atoms with E-state index in [1.165, 1.54) is 56.1 Å². The van der Waals surface area contributed by atoms with Crippen LogP contribution in [-0.4, -0.2) is 23.9 Å². The van der Waals surface area contributed by atoms with Gasteiger partial charge in [-0.15, -0.1) is 0 Å². The van der Waals surface area contributed by atoms with Gasteiger partial charge in [0.05, 0.1) is 18.0 Å². The Morgan fingerprint density at radius 1 is 1.07 bits per heavy atom. The van der Waals surface area contributed by atoms with Gasteiger partial charge in [-0.2, -0.15) is 0 Å². The molecule has 27 heavy (non-hydrogen) atoms. The molecule has 0 aliphatic carbocycles. The Morgan fingerprint density at radius 2 is 1.74 bits per heavy atom. The zero-order chi connectivity index (χ0) is 19.2. The molecular formula is C20H23ClN3O3+. The Kier molecular flexibility index (Phi) is 6.42. The van der Waals surface area contributed by atoms with Gasteiger partial charge in [0, 0.05) is 23.2 Å². The van der Waals surface area contributed by atoms with Crippen LogP contribution in [0.2, 0.25) is 5.02 Å². The summed E-state index contributed by atoms with van der Waals surface area (Å²) >= 11 is 5.88. The molecule has 2 aromatic carbocycles. The fraction of sp³-hybridized carbons (Fsp3) is 0.350. The molecule has 1 aliphatic heterocycles. The maximum atomic E-state index is 12.3. The van der Waals surface area contributed by atoms with Crippen LogP contribution in [0.1, 0.15) is 40.7 Å². The molecule has 142 valence electrons. The van der Waals surface area contributed by atoms with Crippen LogP contribution in [0.25, 0.3) is 0 Å². The molecule has 0 radical (unpaired) electrons. The molecule has 1 amide bonds. The number of piperidine rings is 1. The predicted molar refractivity (Wildman–Crippen MR) is 104 cm³/mol. The fourth-order valence-electron chi connectivity index (χ4n) is 3.42. The monoisotopic (exact) mass is 388 g/mol. The van der Waals surface area contributed by atoms with E-state index >= 15 is 0 Å². The number of nitrogens with one attached hydrogen (secondary N) is 2. The molecule has 6 nitrogen and oxygen atoms in total. The number of quaternary nitrogens is 1. The number of amides is 1. The van der Waals surface area contributed by atoms with Gasteiger partial charge in [0.15, 0.2) is 0 Å². The highest BCUT2D eigenvalue weighted by molar-refractivity contribution is 6.31. The minimum absolute atomic E-state index is 0.0298. The van der Waals surface area contributed by atoms with Gasteiger partial charge in [-0.05, 0) is 37.0 Å². The maximum absolute atomic E-state index is 12.3. The first-order valence-corrected chi connectivity index (χ1v) is 9.54. The Balaban J connectivity index is 1.59. The first-order valence-electron chi connectivity index (χ1n) is 9.16. The minimum atomic E-state index is -0.580. The first kappa shape index (κ1) is 19.3. The van der Waals surface area contributed by atoms with Crippen molar-refractivity contribution in [3.05, 3.63) is 74.3 Å². The number of hydrogen-bond acceptors (Lipinski definition) is 3. The van der Waals surface area contributed by atoms with Gasteiger partial charge in [-0.3, -0.25) is 14.9 Å². The maximum Gasteiger partial charge on any atom is 0.282 e. The average molecular weight is 389 g/mol. The molecule has 1 saturated heterocycles. The van der Waals surface area contributed by atoms with Crippen molar-refractivity contribution in [3.63, 3.8) is 0 Å². The lowest BCUT2D eigenvalue weighted by Crippen LogP contribution is -3.11. The molecule has 0 unspecified atom stereocenters. The summed E-state index contributed by atoms with van der Waals surface area (Å²) in [5.74, 6) is -0.508. The molecule has 1 heterocycles. The fourth-order valence-corrected chi connectivity index (χ4v) is 3.59. The Hall–Kier alpha value is -2.44. The molecule has 0 aromatic heterocycles.